The maximum absolute atomic E-state index is 4.51. The molecule has 0 aliphatic carbocycles. The number of anilines is 1. The van der Waals surface area contributed by atoms with Gasteiger partial charge in [0.1, 0.15) is 11.5 Å². The van der Waals surface area contributed by atoms with Crippen LogP contribution in [0.2, 0.25) is 0 Å². The summed E-state index contributed by atoms with van der Waals surface area (Å²) < 4.78 is 2.13. The molecule has 0 saturated heterocycles. The molecule has 0 aliphatic rings. The molecule has 0 saturated carbocycles. The van der Waals surface area contributed by atoms with E-state index in [1.165, 1.54) is 101 Å². The molecule has 0 radical (unpaired) electrons. The molecular weight excluding hydrogens is 320 g/mol. The van der Waals surface area contributed by atoms with E-state index >= 15 is 0 Å². The molecule has 1 aromatic heterocycles. The molecule has 0 aromatic carbocycles. The highest BCUT2D eigenvalue weighted by Gasteiger charge is 2.12. The molecule has 152 valence electrons. The average Bonchev–Trinajstić information content (AvgIpc) is 3.03. The van der Waals surface area contributed by atoms with E-state index in [2.05, 4.69) is 41.1 Å². The van der Waals surface area contributed by atoms with Crippen LogP contribution in [0, 0.1) is 0 Å². The lowest BCUT2D eigenvalue weighted by atomic mass is 10.1. The van der Waals surface area contributed by atoms with E-state index in [1.54, 1.807) is 0 Å². The molecule has 4 nitrogen and oxygen atoms in total. The summed E-state index contributed by atoms with van der Waals surface area (Å²) in [6.45, 7) is 8.82. The molecule has 0 fully saturated rings. The summed E-state index contributed by atoms with van der Waals surface area (Å²) in [6, 6.07) is 0. The van der Waals surface area contributed by atoms with Crippen LogP contribution in [0.5, 0.6) is 0 Å². The number of hydrogen-bond acceptors (Lipinski definition) is 3. The number of nitrogens with one attached hydrogen (secondary N) is 1. The van der Waals surface area contributed by atoms with Crippen LogP contribution in [0.4, 0.5) is 5.82 Å². The first-order chi connectivity index (χ1) is 12.8. The van der Waals surface area contributed by atoms with Gasteiger partial charge in [-0.05, 0) is 25.7 Å². The Morgan fingerprint density at radius 3 is 1.92 bits per heavy atom. The topological polar surface area (TPSA) is 42.7 Å². The van der Waals surface area contributed by atoms with Gasteiger partial charge in [-0.25, -0.2) is 4.68 Å². The largest absolute Gasteiger partial charge is 0.369 e. The quantitative estimate of drug-likeness (QED) is 0.293. The molecular formula is C22H44N4. The fourth-order valence-electron chi connectivity index (χ4n) is 3.37. The molecule has 4 heteroatoms. The summed E-state index contributed by atoms with van der Waals surface area (Å²) in [5, 5.41) is 12.6. The van der Waals surface area contributed by atoms with E-state index < -0.39 is 0 Å². The van der Waals surface area contributed by atoms with Crippen LogP contribution >= 0.6 is 0 Å². The van der Waals surface area contributed by atoms with Gasteiger partial charge in [-0.2, -0.15) is 0 Å². The van der Waals surface area contributed by atoms with E-state index in [4.69, 9.17) is 0 Å². The van der Waals surface area contributed by atoms with Gasteiger partial charge >= 0.3 is 0 Å². The van der Waals surface area contributed by atoms with Crippen molar-refractivity contribution in [2.45, 2.75) is 124 Å². The minimum absolute atomic E-state index is 1.00. The summed E-state index contributed by atoms with van der Waals surface area (Å²) in [6.07, 6.45) is 19.4. The van der Waals surface area contributed by atoms with E-state index in [9.17, 15) is 0 Å². The Balaban J connectivity index is 2.42. The van der Waals surface area contributed by atoms with Crippen molar-refractivity contribution in [2.75, 3.05) is 11.9 Å². The number of aromatic nitrogens is 3. The Morgan fingerprint density at radius 1 is 0.692 bits per heavy atom. The number of hydrogen-bond donors (Lipinski definition) is 1. The highest BCUT2D eigenvalue weighted by Crippen LogP contribution is 2.18. The van der Waals surface area contributed by atoms with Crippen molar-refractivity contribution in [1.29, 1.82) is 0 Å². The third-order valence-corrected chi connectivity index (χ3v) is 5.12. The zero-order valence-corrected chi connectivity index (χ0v) is 17.9. The third-order valence-electron chi connectivity index (χ3n) is 5.12. The summed E-state index contributed by atoms with van der Waals surface area (Å²) in [7, 11) is 0. The molecule has 0 atom stereocenters. The fourth-order valence-corrected chi connectivity index (χ4v) is 3.37. The van der Waals surface area contributed by atoms with Crippen molar-refractivity contribution in [3.8, 4) is 0 Å². The van der Waals surface area contributed by atoms with Crippen molar-refractivity contribution in [2.24, 2.45) is 0 Å². The Kier molecular flexibility index (Phi) is 14.3. The van der Waals surface area contributed by atoms with Crippen molar-refractivity contribution in [1.82, 2.24) is 15.0 Å². The van der Waals surface area contributed by atoms with Gasteiger partial charge in [-0.15, -0.1) is 5.10 Å². The van der Waals surface area contributed by atoms with Gasteiger partial charge in [-0.3, -0.25) is 0 Å². The highest BCUT2D eigenvalue weighted by molar-refractivity contribution is 5.40. The molecule has 0 aliphatic heterocycles. The normalized spacial score (nSPS) is 11.2. The van der Waals surface area contributed by atoms with Crippen molar-refractivity contribution in [3.63, 3.8) is 0 Å². The second-order valence-electron chi connectivity index (χ2n) is 7.67. The smallest absolute Gasteiger partial charge is 0.148 e. The highest BCUT2D eigenvalue weighted by atomic mass is 15.5. The van der Waals surface area contributed by atoms with Gasteiger partial charge in [0.15, 0.2) is 0 Å². The predicted molar refractivity (Wildman–Crippen MR) is 114 cm³/mol. The number of aryl methyl sites for hydroxylation is 2. The average molecular weight is 365 g/mol. The Bertz CT molecular complexity index is 394. The first-order valence-corrected chi connectivity index (χ1v) is 11.5. The Labute approximate surface area is 162 Å². The summed E-state index contributed by atoms with van der Waals surface area (Å²) in [5.74, 6) is 1.19. The number of nitrogens with zero attached hydrogens (tertiary/aromatic N) is 3. The van der Waals surface area contributed by atoms with Crippen LogP contribution in [0.3, 0.4) is 0 Å². The Hall–Kier alpha value is -1.06. The van der Waals surface area contributed by atoms with E-state index in [0.29, 0.717) is 0 Å². The zero-order chi connectivity index (χ0) is 18.9. The molecule has 1 rings (SSSR count). The third kappa shape index (κ3) is 10.2. The van der Waals surface area contributed by atoms with Gasteiger partial charge < -0.3 is 5.32 Å². The molecule has 0 bridgehead atoms. The zero-order valence-electron chi connectivity index (χ0n) is 17.9. The van der Waals surface area contributed by atoms with Gasteiger partial charge in [0.2, 0.25) is 0 Å². The molecule has 1 N–H and O–H groups in total. The molecule has 1 heterocycles. The second kappa shape index (κ2) is 16.1. The molecule has 0 spiro atoms. The monoisotopic (exact) mass is 364 g/mol. The number of rotatable bonds is 18. The van der Waals surface area contributed by atoms with Crippen molar-refractivity contribution in [3.05, 3.63) is 5.69 Å². The summed E-state index contributed by atoms with van der Waals surface area (Å²) in [5.41, 5.74) is 1.18. The van der Waals surface area contributed by atoms with Gasteiger partial charge in [0.05, 0.1) is 0 Å². The molecule has 1 aromatic rings. The summed E-state index contributed by atoms with van der Waals surface area (Å²) >= 11 is 0. The fraction of sp³-hybridized carbons (Fsp3) is 0.909. The summed E-state index contributed by atoms with van der Waals surface area (Å²) in [4.78, 5) is 0. The van der Waals surface area contributed by atoms with Crippen LogP contribution in [0.15, 0.2) is 0 Å². The van der Waals surface area contributed by atoms with E-state index in [1.807, 2.05) is 0 Å². The first-order valence-electron chi connectivity index (χ1n) is 11.5. The van der Waals surface area contributed by atoms with Gasteiger partial charge in [0.25, 0.3) is 0 Å². The minimum atomic E-state index is 1.00. The van der Waals surface area contributed by atoms with Crippen molar-refractivity contribution >= 4 is 5.82 Å². The molecule has 26 heavy (non-hydrogen) atoms. The standard InChI is InChI=1S/C22H44N4/c1-4-7-10-12-14-16-18-21-22(23-19-9-6-3)26(25-24-21)20-17-15-13-11-8-5-2/h23H,4-20H2,1-3H3. The van der Waals surface area contributed by atoms with Crippen LogP contribution in [-0.4, -0.2) is 21.5 Å². The van der Waals surface area contributed by atoms with E-state index in [0.717, 1.165) is 19.5 Å². The maximum Gasteiger partial charge on any atom is 0.148 e. The van der Waals surface area contributed by atoms with Gasteiger partial charge in [-0.1, -0.05) is 96.6 Å². The van der Waals surface area contributed by atoms with Gasteiger partial charge in [0, 0.05) is 13.1 Å². The van der Waals surface area contributed by atoms with E-state index in [-0.39, 0.29) is 0 Å². The van der Waals surface area contributed by atoms with Crippen LogP contribution in [0.1, 0.15) is 116 Å². The van der Waals surface area contributed by atoms with Crippen LogP contribution < -0.4 is 5.32 Å². The van der Waals surface area contributed by atoms with Crippen LogP contribution in [-0.2, 0) is 13.0 Å². The lowest BCUT2D eigenvalue weighted by molar-refractivity contribution is 0.519. The Morgan fingerprint density at radius 2 is 1.27 bits per heavy atom. The second-order valence-corrected chi connectivity index (χ2v) is 7.67. The lowest BCUT2D eigenvalue weighted by Crippen LogP contribution is -2.11. The number of unbranched alkanes of at least 4 members (excludes halogenated alkanes) is 11. The lowest BCUT2D eigenvalue weighted by Gasteiger charge is -2.10. The predicted octanol–water partition coefficient (Wildman–Crippen LogP) is 6.75. The maximum atomic E-state index is 4.51. The first kappa shape index (κ1) is 23.0. The molecule has 0 unspecified atom stereocenters. The van der Waals surface area contributed by atoms with Crippen LogP contribution in [0.25, 0.3) is 0 Å². The van der Waals surface area contributed by atoms with Crippen molar-refractivity contribution < 1.29 is 0 Å². The SMILES string of the molecule is CCCCCCCCc1nnn(CCCCCCCC)c1NCCCC. The minimum Gasteiger partial charge on any atom is -0.369 e. The molecule has 0 amide bonds.